The first-order valence-corrected chi connectivity index (χ1v) is 14.4. The summed E-state index contributed by atoms with van der Waals surface area (Å²) < 4.78 is 1.40. The number of aryl methyl sites for hydroxylation is 3. The van der Waals surface area contributed by atoms with Crippen molar-refractivity contribution in [1.82, 2.24) is 19.9 Å². The van der Waals surface area contributed by atoms with E-state index in [1.54, 1.807) is 0 Å². The topological polar surface area (TPSA) is 57.4 Å². The zero-order chi connectivity index (χ0) is 25.5. The Bertz CT molecular complexity index is 2050. The minimum Gasteiger partial charge on any atom is -0.345 e. The van der Waals surface area contributed by atoms with Crippen LogP contribution in [0.3, 0.4) is 0 Å². The van der Waals surface area contributed by atoms with Crippen molar-refractivity contribution in [3.05, 3.63) is 83.6 Å². The zero-order valence-corrected chi connectivity index (χ0v) is 22.6. The lowest BCUT2D eigenvalue weighted by Crippen LogP contribution is -2.03. The number of rotatable bonds is 3. The van der Waals surface area contributed by atoms with Crippen LogP contribution in [-0.2, 0) is 19.3 Å². The van der Waals surface area contributed by atoms with Crippen LogP contribution in [0.5, 0.6) is 0 Å². The van der Waals surface area contributed by atoms with Crippen molar-refractivity contribution < 1.29 is 0 Å². The van der Waals surface area contributed by atoms with E-state index in [1.807, 2.05) is 11.3 Å². The van der Waals surface area contributed by atoms with Gasteiger partial charge >= 0.3 is 0 Å². The van der Waals surface area contributed by atoms with Crippen molar-refractivity contribution >= 4 is 54.0 Å². The van der Waals surface area contributed by atoms with Crippen LogP contribution in [0.2, 0.25) is 0 Å². The van der Waals surface area contributed by atoms with Gasteiger partial charge in [-0.15, -0.1) is 11.3 Å². The Balaban J connectivity index is 1.32. The summed E-state index contributed by atoms with van der Waals surface area (Å²) in [5.41, 5.74) is 8.67. The maximum absolute atomic E-state index is 5.00. The molecule has 0 aliphatic heterocycles. The highest BCUT2D eigenvalue weighted by atomic mass is 32.1. The molecule has 3 heterocycles. The van der Waals surface area contributed by atoms with Crippen molar-refractivity contribution in [2.75, 3.05) is 0 Å². The molecule has 5 heteroatoms. The molecule has 186 valence electrons. The van der Waals surface area contributed by atoms with Gasteiger partial charge in [0.15, 0.2) is 0 Å². The predicted molar refractivity (Wildman–Crippen MR) is 160 cm³/mol. The maximum Gasteiger partial charge on any atom is 0.109 e. The number of benzene rings is 4. The molecule has 0 unspecified atom stereocenters. The monoisotopic (exact) mass is 512 g/mol. The van der Waals surface area contributed by atoms with Gasteiger partial charge in [0, 0.05) is 43.9 Å². The Morgan fingerprint density at radius 2 is 1.74 bits per heavy atom. The van der Waals surface area contributed by atoms with Gasteiger partial charge in [-0.05, 0) is 52.3 Å². The van der Waals surface area contributed by atoms with Crippen LogP contribution in [0, 0.1) is 0 Å². The number of aromatic nitrogens is 4. The molecule has 0 spiro atoms. The van der Waals surface area contributed by atoms with Crippen LogP contribution in [0.1, 0.15) is 49.6 Å². The van der Waals surface area contributed by atoms with E-state index in [2.05, 4.69) is 91.4 Å². The summed E-state index contributed by atoms with van der Waals surface area (Å²) in [5.74, 6) is 2.54. The molecule has 0 amide bonds. The van der Waals surface area contributed by atoms with E-state index in [4.69, 9.17) is 9.97 Å². The summed E-state index contributed by atoms with van der Waals surface area (Å²) in [6.07, 6.45) is 2.98. The summed E-state index contributed by atoms with van der Waals surface area (Å²) in [7, 11) is 0. The lowest BCUT2D eigenvalue weighted by atomic mass is 9.91. The normalized spacial score (nSPS) is 13.3. The lowest BCUT2D eigenvalue weighted by Gasteiger charge is -2.15. The number of hydrogen-bond acceptors (Lipinski definition) is 3. The van der Waals surface area contributed by atoms with Gasteiger partial charge in [0.2, 0.25) is 0 Å². The smallest absolute Gasteiger partial charge is 0.109 e. The molecular weight excluding hydrogens is 484 g/mol. The standard InChI is InChI=1S/C33H28N4S/c1-4-28-35-30-21-8-6-5-7-20(21)25-15-18(9-11-23(25)31(30)36-28)27-16-19-10-12-22-24(32(19)38-27)13-14-26-29(22)37-33(34-26)17(2)3/h5-12,15-17H,4,13-14H2,1-3H3,(H,34,37)(H,35,36). The van der Waals surface area contributed by atoms with Gasteiger partial charge in [-0.1, -0.05) is 69.3 Å². The number of thiophene rings is 1. The third kappa shape index (κ3) is 3.08. The predicted octanol–water partition coefficient (Wildman–Crippen LogP) is 8.93. The van der Waals surface area contributed by atoms with E-state index in [0.29, 0.717) is 5.92 Å². The van der Waals surface area contributed by atoms with Crippen LogP contribution < -0.4 is 0 Å². The van der Waals surface area contributed by atoms with Crippen molar-refractivity contribution in [1.29, 1.82) is 0 Å². The molecule has 0 fully saturated rings. The maximum atomic E-state index is 5.00. The Hall–Kier alpha value is -3.96. The molecule has 0 radical (unpaired) electrons. The summed E-state index contributed by atoms with van der Waals surface area (Å²) in [6, 6.07) is 22.5. The highest BCUT2D eigenvalue weighted by Gasteiger charge is 2.24. The van der Waals surface area contributed by atoms with Crippen LogP contribution >= 0.6 is 11.3 Å². The molecular formula is C33H28N4S. The summed E-state index contributed by atoms with van der Waals surface area (Å²) >= 11 is 1.92. The Labute approximate surface area is 224 Å². The van der Waals surface area contributed by atoms with Crippen molar-refractivity contribution in [3.63, 3.8) is 0 Å². The zero-order valence-electron chi connectivity index (χ0n) is 21.8. The van der Waals surface area contributed by atoms with Crippen LogP contribution in [0.15, 0.2) is 60.7 Å². The first kappa shape index (κ1) is 22.1. The molecule has 7 aromatic rings. The fourth-order valence-electron chi connectivity index (χ4n) is 6.17. The molecule has 4 nitrogen and oxygen atoms in total. The number of hydrogen-bond donors (Lipinski definition) is 2. The second-order valence-corrected chi connectivity index (χ2v) is 11.8. The molecule has 1 aliphatic carbocycles. The molecule has 3 aromatic heterocycles. The van der Waals surface area contributed by atoms with Gasteiger partial charge in [0.05, 0.1) is 16.7 Å². The van der Waals surface area contributed by atoms with Gasteiger partial charge in [-0.25, -0.2) is 9.97 Å². The number of nitrogens with zero attached hydrogens (tertiary/aromatic N) is 2. The molecule has 2 N–H and O–H groups in total. The van der Waals surface area contributed by atoms with Crippen molar-refractivity contribution in [3.8, 4) is 21.7 Å². The Morgan fingerprint density at radius 3 is 2.58 bits per heavy atom. The summed E-state index contributed by atoms with van der Waals surface area (Å²) in [4.78, 5) is 18.4. The second kappa shape index (κ2) is 8.02. The Morgan fingerprint density at radius 1 is 0.868 bits per heavy atom. The second-order valence-electron chi connectivity index (χ2n) is 10.8. The fourth-order valence-corrected chi connectivity index (χ4v) is 7.40. The number of fused-ring (bicyclic) bond motifs is 11. The number of nitrogens with one attached hydrogen (secondary N) is 2. The number of imidazole rings is 2. The van der Waals surface area contributed by atoms with Gasteiger partial charge in [-0.2, -0.15) is 0 Å². The first-order valence-electron chi connectivity index (χ1n) is 13.6. The molecule has 4 aromatic carbocycles. The molecule has 0 saturated carbocycles. The minimum atomic E-state index is 0.404. The molecule has 38 heavy (non-hydrogen) atoms. The molecule has 0 atom stereocenters. The quantitative estimate of drug-likeness (QED) is 0.232. The molecule has 8 rings (SSSR count). The van der Waals surface area contributed by atoms with E-state index in [0.717, 1.165) is 47.6 Å². The van der Waals surface area contributed by atoms with Crippen LogP contribution in [0.4, 0.5) is 0 Å². The minimum absolute atomic E-state index is 0.404. The van der Waals surface area contributed by atoms with E-state index < -0.39 is 0 Å². The van der Waals surface area contributed by atoms with Crippen LogP contribution in [-0.4, -0.2) is 19.9 Å². The first-order chi connectivity index (χ1) is 18.6. The van der Waals surface area contributed by atoms with E-state index >= 15 is 0 Å². The van der Waals surface area contributed by atoms with Crippen molar-refractivity contribution in [2.24, 2.45) is 0 Å². The van der Waals surface area contributed by atoms with E-state index in [1.165, 1.54) is 58.9 Å². The van der Waals surface area contributed by atoms with E-state index in [-0.39, 0.29) is 0 Å². The van der Waals surface area contributed by atoms with Gasteiger partial charge in [-0.3, -0.25) is 0 Å². The highest BCUT2D eigenvalue weighted by Crippen LogP contribution is 2.44. The van der Waals surface area contributed by atoms with Gasteiger partial charge in [0.1, 0.15) is 11.6 Å². The summed E-state index contributed by atoms with van der Waals surface area (Å²) in [6.45, 7) is 6.55. The van der Waals surface area contributed by atoms with Gasteiger partial charge < -0.3 is 9.97 Å². The average molecular weight is 513 g/mol. The molecule has 1 aliphatic rings. The lowest BCUT2D eigenvalue weighted by molar-refractivity contribution is 0.787. The van der Waals surface area contributed by atoms with Crippen LogP contribution in [0.25, 0.3) is 64.4 Å². The number of H-pyrrole nitrogens is 2. The van der Waals surface area contributed by atoms with Crippen molar-refractivity contribution in [2.45, 2.75) is 46.0 Å². The molecule has 0 bridgehead atoms. The largest absolute Gasteiger partial charge is 0.345 e. The third-order valence-corrected chi connectivity index (χ3v) is 9.41. The summed E-state index contributed by atoms with van der Waals surface area (Å²) in [5, 5.41) is 6.31. The van der Waals surface area contributed by atoms with Gasteiger partial charge in [0.25, 0.3) is 0 Å². The Kier molecular flexibility index (Phi) is 4.66. The third-order valence-electron chi connectivity index (χ3n) is 8.15. The fraction of sp³-hybridized carbons (Fsp3) is 0.212. The SMILES string of the molecule is CCc1nc2c3ccccc3c3cc(-c4cc5ccc6c(c5s4)CCc4[nH]c(C(C)C)nc4-6)ccc3c2[nH]1. The number of aromatic amines is 2. The highest BCUT2D eigenvalue weighted by molar-refractivity contribution is 7.22. The average Bonchev–Trinajstić information content (AvgIpc) is 3.69. The van der Waals surface area contributed by atoms with E-state index in [9.17, 15) is 0 Å². The molecule has 0 saturated heterocycles.